The molecule has 1 aromatic carbocycles. The number of likely N-dealkylation sites (tertiary alicyclic amines) is 1. The number of hydrogen-bond donors (Lipinski definition) is 1. The monoisotopic (exact) mass is 430 g/mol. The van der Waals surface area contributed by atoms with Gasteiger partial charge >= 0.3 is 0 Å². The number of guanidine groups is 1. The Labute approximate surface area is 158 Å². The Kier molecular flexibility index (Phi) is 9.55. The number of aliphatic imine (C=N–C) groups is 1. The van der Waals surface area contributed by atoms with Crippen molar-refractivity contribution in [2.45, 2.75) is 46.2 Å². The third-order valence-corrected chi connectivity index (χ3v) is 4.40. The summed E-state index contributed by atoms with van der Waals surface area (Å²) >= 11 is 0. The SMILES string of the molecule is CCN(CC)Cc1cccc(CN=C(N)N2CCCCC2)c1.I. The van der Waals surface area contributed by atoms with Crippen molar-refractivity contribution < 1.29 is 0 Å². The summed E-state index contributed by atoms with van der Waals surface area (Å²) in [6, 6.07) is 8.71. The van der Waals surface area contributed by atoms with Crippen LogP contribution in [0.5, 0.6) is 0 Å². The van der Waals surface area contributed by atoms with Crippen LogP contribution in [0, 0.1) is 0 Å². The second-order valence-corrected chi connectivity index (χ2v) is 6.00. The van der Waals surface area contributed by atoms with Gasteiger partial charge in [-0.15, -0.1) is 24.0 Å². The van der Waals surface area contributed by atoms with Crippen LogP contribution in [0.25, 0.3) is 0 Å². The first-order valence-corrected chi connectivity index (χ1v) is 8.58. The molecule has 0 atom stereocenters. The molecule has 1 aliphatic rings. The Morgan fingerprint density at radius 2 is 1.78 bits per heavy atom. The van der Waals surface area contributed by atoms with E-state index >= 15 is 0 Å². The zero-order valence-corrected chi connectivity index (χ0v) is 16.8. The molecule has 0 radical (unpaired) electrons. The number of nitrogens with two attached hydrogens (primary N) is 1. The first-order valence-electron chi connectivity index (χ1n) is 8.58. The van der Waals surface area contributed by atoms with E-state index in [9.17, 15) is 0 Å². The molecule has 1 fully saturated rings. The quantitative estimate of drug-likeness (QED) is 0.427. The van der Waals surface area contributed by atoms with Crippen LogP contribution in [0.4, 0.5) is 0 Å². The molecule has 1 aromatic rings. The summed E-state index contributed by atoms with van der Waals surface area (Å²) in [5, 5.41) is 0. The number of nitrogens with zero attached hydrogens (tertiary/aromatic N) is 3. The first kappa shape index (κ1) is 20.2. The van der Waals surface area contributed by atoms with Gasteiger partial charge in [0.05, 0.1) is 6.54 Å². The molecular weight excluding hydrogens is 399 g/mol. The fraction of sp³-hybridized carbons (Fsp3) is 0.611. The van der Waals surface area contributed by atoms with E-state index in [1.54, 1.807) is 0 Å². The Bertz CT molecular complexity index is 480. The van der Waals surface area contributed by atoms with Crippen molar-refractivity contribution in [2.24, 2.45) is 10.7 Å². The molecule has 2 rings (SSSR count). The Morgan fingerprint density at radius 1 is 1.13 bits per heavy atom. The zero-order valence-electron chi connectivity index (χ0n) is 14.5. The van der Waals surface area contributed by atoms with Gasteiger partial charge in [-0.25, -0.2) is 4.99 Å². The van der Waals surface area contributed by atoms with Crippen LogP contribution >= 0.6 is 24.0 Å². The minimum Gasteiger partial charge on any atom is -0.370 e. The van der Waals surface area contributed by atoms with Crippen molar-refractivity contribution in [1.29, 1.82) is 0 Å². The molecule has 1 saturated heterocycles. The highest BCUT2D eigenvalue weighted by Gasteiger charge is 2.11. The van der Waals surface area contributed by atoms with Gasteiger partial charge in [0.1, 0.15) is 0 Å². The summed E-state index contributed by atoms with van der Waals surface area (Å²) in [5.74, 6) is 0.703. The normalized spacial score (nSPS) is 15.6. The van der Waals surface area contributed by atoms with Gasteiger partial charge in [0.25, 0.3) is 0 Å². The second kappa shape index (κ2) is 10.9. The van der Waals surface area contributed by atoms with E-state index in [4.69, 9.17) is 5.73 Å². The van der Waals surface area contributed by atoms with Gasteiger partial charge in [0.2, 0.25) is 0 Å². The van der Waals surface area contributed by atoms with Gasteiger partial charge in [-0.3, -0.25) is 4.90 Å². The van der Waals surface area contributed by atoms with Crippen LogP contribution < -0.4 is 5.73 Å². The number of piperidine rings is 1. The third kappa shape index (κ3) is 6.67. The number of benzene rings is 1. The maximum atomic E-state index is 6.13. The highest BCUT2D eigenvalue weighted by Crippen LogP contribution is 2.11. The molecule has 0 amide bonds. The fourth-order valence-corrected chi connectivity index (χ4v) is 2.93. The van der Waals surface area contributed by atoms with E-state index in [0.29, 0.717) is 12.5 Å². The lowest BCUT2D eigenvalue weighted by atomic mass is 10.1. The summed E-state index contributed by atoms with van der Waals surface area (Å²) in [6.07, 6.45) is 3.78. The van der Waals surface area contributed by atoms with Crippen molar-refractivity contribution in [2.75, 3.05) is 26.2 Å². The van der Waals surface area contributed by atoms with Crippen LogP contribution in [-0.2, 0) is 13.1 Å². The molecular formula is C18H31IN4. The highest BCUT2D eigenvalue weighted by molar-refractivity contribution is 14.0. The van der Waals surface area contributed by atoms with Crippen LogP contribution in [0.2, 0.25) is 0 Å². The van der Waals surface area contributed by atoms with Crippen LogP contribution in [-0.4, -0.2) is 41.9 Å². The second-order valence-electron chi connectivity index (χ2n) is 6.00. The lowest BCUT2D eigenvalue weighted by molar-refractivity contribution is 0.296. The van der Waals surface area contributed by atoms with Crippen molar-refractivity contribution in [1.82, 2.24) is 9.80 Å². The summed E-state index contributed by atoms with van der Waals surface area (Å²) in [7, 11) is 0. The third-order valence-electron chi connectivity index (χ3n) is 4.40. The molecule has 0 unspecified atom stereocenters. The maximum Gasteiger partial charge on any atom is 0.191 e. The van der Waals surface area contributed by atoms with Crippen molar-refractivity contribution in [3.05, 3.63) is 35.4 Å². The van der Waals surface area contributed by atoms with Crippen LogP contribution in [0.1, 0.15) is 44.2 Å². The summed E-state index contributed by atoms with van der Waals surface area (Å²) < 4.78 is 0. The van der Waals surface area contributed by atoms with Crippen LogP contribution in [0.15, 0.2) is 29.3 Å². The molecule has 0 aromatic heterocycles. The molecule has 23 heavy (non-hydrogen) atoms. The summed E-state index contributed by atoms with van der Waals surface area (Å²) in [4.78, 5) is 9.22. The molecule has 0 aliphatic carbocycles. The molecule has 5 heteroatoms. The average Bonchev–Trinajstić information content (AvgIpc) is 2.58. The van der Waals surface area contributed by atoms with Crippen molar-refractivity contribution in [3.63, 3.8) is 0 Å². The molecule has 4 nitrogen and oxygen atoms in total. The van der Waals surface area contributed by atoms with E-state index in [1.165, 1.54) is 30.4 Å². The van der Waals surface area contributed by atoms with Gasteiger partial charge < -0.3 is 10.6 Å². The minimum atomic E-state index is 0. The predicted octanol–water partition coefficient (Wildman–Crippen LogP) is 3.45. The fourth-order valence-electron chi connectivity index (χ4n) is 2.93. The molecule has 2 N–H and O–H groups in total. The molecule has 1 heterocycles. The minimum absolute atomic E-state index is 0. The highest BCUT2D eigenvalue weighted by atomic mass is 127. The predicted molar refractivity (Wildman–Crippen MR) is 109 cm³/mol. The van der Waals surface area contributed by atoms with E-state index in [1.807, 2.05) is 0 Å². The number of rotatable bonds is 6. The number of halogens is 1. The Morgan fingerprint density at radius 3 is 2.43 bits per heavy atom. The summed E-state index contributed by atoms with van der Waals surface area (Å²) in [6.45, 7) is 10.4. The van der Waals surface area contributed by atoms with Crippen LogP contribution in [0.3, 0.4) is 0 Å². The molecule has 1 aliphatic heterocycles. The topological polar surface area (TPSA) is 44.9 Å². The van der Waals surface area contributed by atoms with Crippen molar-refractivity contribution in [3.8, 4) is 0 Å². The lowest BCUT2D eigenvalue weighted by Crippen LogP contribution is -2.40. The molecule has 0 bridgehead atoms. The van der Waals surface area contributed by atoms with E-state index < -0.39 is 0 Å². The maximum absolute atomic E-state index is 6.13. The standard InChI is InChI=1S/C18H30N4.HI/c1-3-21(4-2)15-17-10-8-9-16(13-17)14-20-18(19)22-11-6-5-7-12-22;/h8-10,13H,3-7,11-12,14-15H2,1-2H3,(H2,19,20);1H. The number of hydrogen-bond acceptors (Lipinski definition) is 2. The Balaban J connectivity index is 0.00000264. The molecule has 0 saturated carbocycles. The lowest BCUT2D eigenvalue weighted by Gasteiger charge is -2.27. The zero-order chi connectivity index (χ0) is 15.8. The van der Waals surface area contributed by atoms with Gasteiger partial charge in [-0.1, -0.05) is 38.1 Å². The Hall–Kier alpha value is -0.820. The van der Waals surface area contributed by atoms with Gasteiger partial charge in [0, 0.05) is 19.6 Å². The van der Waals surface area contributed by atoms with Gasteiger partial charge in [-0.05, 0) is 43.5 Å². The van der Waals surface area contributed by atoms with Crippen molar-refractivity contribution >= 4 is 29.9 Å². The van der Waals surface area contributed by atoms with E-state index in [2.05, 4.69) is 52.9 Å². The average molecular weight is 430 g/mol. The first-order chi connectivity index (χ1) is 10.7. The van der Waals surface area contributed by atoms with Gasteiger partial charge in [0.15, 0.2) is 5.96 Å². The van der Waals surface area contributed by atoms with E-state index in [0.717, 1.165) is 32.7 Å². The molecule has 130 valence electrons. The molecule has 0 spiro atoms. The smallest absolute Gasteiger partial charge is 0.191 e. The summed E-state index contributed by atoms with van der Waals surface area (Å²) in [5.41, 5.74) is 8.72. The van der Waals surface area contributed by atoms with E-state index in [-0.39, 0.29) is 24.0 Å². The largest absolute Gasteiger partial charge is 0.370 e. The van der Waals surface area contributed by atoms with Gasteiger partial charge in [-0.2, -0.15) is 0 Å².